The first-order chi connectivity index (χ1) is 26.4. The molecule has 0 atom stereocenters. The fourth-order valence-corrected chi connectivity index (χ4v) is 7.85. The SMILES string of the molecule is CCCCCc1ccc(N(c2ccc(C)cc2)c2c(N(c3ccc(C)cc3)c3ccc(CCCCC)cc3)c3cc(C)c(C)cc3c3ccccc23)cc1. The third-order valence-electron chi connectivity index (χ3n) is 11.1. The van der Waals surface area contributed by atoms with Gasteiger partial charge in [-0.15, -0.1) is 0 Å². The van der Waals surface area contributed by atoms with Gasteiger partial charge in [-0.1, -0.05) is 130 Å². The Morgan fingerprint density at radius 1 is 0.370 bits per heavy atom. The summed E-state index contributed by atoms with van der Waals surface area (Å²) in [6.07, 6.45) is 9.64. The molecule has 2 heteroatoms. The molecule has 0 bridgehead atoms. The van der Waals surface area contributed by atoms with Crippen LogP contribution in [0.25, 0.3) is 21.5 Å². The van der Waals surface area contributed by atoms with Gasteiger partial charge in [0, 0.05) is 33.5 Å². The summed E-state index contributed by atoms with van der Waals surface area (Å²) in [6.45, 7) is 13.4. The van der Waals surface area contributed by atoms with Crippen molar-refractivity contribution in [1.29, 1.82) is 0 Å². The van der Waals surface area contributed by atoms with E-state index in [-0.39, 0.29) is 0 Å². The number of anilines is 6. The van der Waals surface area contributed by atoms with Gasteiger partial charge in [-0.3, -0.25) is 0 Å². The first kappa shape index (κ1) is 37.0. The summed E-state index contributed by atoms with van der Waals surface area (Å²) in [4.78, 5) is 5.04. The van der Waals surface area contributed by atoms with Crippen molar-refractivity contribution in [2.24, 2.45) is 0 Å². The molecule has 0 heterocycles. The van der Waals surface area contributed by atoms with Gasteiger partial charge in [-0.2, -0.15) is 0 Å². The Hall–Kier alpha value is -5.34. The highest BCUT2D eigenvalue weighted by molar-refractivity contribution is 6.23. The summed E-state index contributed by atoms with van der Waals surface area (Å²) in [7, 11) is 0. The van der Waals surface area contributed by atoms with Gasteiger partial charge in [-0.05, 0) is 141 Å². The van der Waals surface area contributed by atoms with Gasteiger partial charge in [0.15, 0.2) is 0 Å². The van der Waals surface area contributed by atoms with Crippen molar-refractivity contribution in [3.63, 3.8) is 0 Å². The second kappa shape index (κ2) is 16.8. The number of hydrogen-bond donors (Lipinski definition) is 0. The fourth-order valence-electron chi connectivity index (χ4n) is 7.85. The summed E-state index contributed by atoms with van der Waals surface area (Å²) in [5, 5.41) is 5.01. The highest BCUT2D eigenvalue weighted by atomic mass is 15.2. The quantitative estimate of drug-likeness (QED) is 0.0630. The van der Waals surface area contributed by atoms with Gasteiger partial charge in [0.2, 0.25) is 0 Å². The highest BCUT2D eigenvalue weighted by Gasteiger charge is 2.28. The van der Waals surface area contributed by atoms with E-state index in [1.54, 1.807) is 0 Å². The summed E-state index contributed by atoms with van der Waals surface area (Å²) in [5.41, 5.74) is 14.8. The largest absolute Gasteiger partial charge is 0.308 e. The molecule has 0 aliphatic rings. The van der Waals surface area contributed by atoms with Crippen molar-refractivity contribution in [2.75, 3.05) is 9.80 Å². The maximum atomic E-state index is 2.52. The number of aryl methyl sites for hydroxylation is 6. The van der Waals surface area contributed by atoms with E-state index in [2.05, 4.69) is 185 Å². The molecular formula is C52H56N2. The van der Waals surface area contributed by atoms with Crippen LogP contribution in [0.3, 0.4) is 0 Å². The minimum Gasteiger partial charge on any atom is -0.308 e. The lowest BCUT2D eigenvalue weighted by Gasteiger charge is -2.36. The van der Waals surface area contributed by atoms with Crippen molar-refractivity contribution in [1.82, 2.24) is 0 Å². The Labute approximate surface area is 324 Å². The maximum absolute atomic E-state index is 2.52. The summed E-state index contributed by atoms with van der Waals surface area (Å²) in [6, 6.07) is 50.7. The molecule has 274 valence electrons. The zero-order valence-electron chi connectivity index (χ0n) is 33.3. The molecule has 0 aliphatic heterocycles. The van der Waals surface area contributed by atoms with Crippen LogP contribution in [-0.4, -0.2) is 0 Å². The second-order valence-electron chi connectivity index (χ2n) is 15.3. The minimum absolute atomic E-state index is 1.11. The maximum Gasteiger partial charge on any atom is 0.0788 e. The molecule has 0 saturated carbocycles. The van der Waals surface area contributed by atoms with Crippen LogP contribution >= 0.6 is 0 Å². The van der Waals surface area contributed by atoms with E-state index in [0.29, 0.717) is 0 Å². The van der Waals surface area contributed by atoms with E-state index in [1.807, 2.05) is 0 Å². The number of nitrogens with zero attached hydrogens (tertiary/aromatic N) is 2. The minimum atomic E-state index is 1.11. The highest BCUT2D eigenvalue weighted by Crippen LogP contribution is 2.53. The first-order valence-electron chi connectivity index (χ1n) is 20.2. The molecule has 0 saturated heterocycles. The average Bonchev–Trinajstić information content (AvgIpc) is 3.19. The van der Waals surface area contributed by atoms with E-state index < -0.39 is 0 Å². The van der Waals surface area contributed by atoms with Gasteiger partial charge >= 0.3 is 0 Å². The molecule has 0 amide bonds. The standard InChI is InChI=1S/C52H56N2/c1-7-9-11-15-41-23-31-45(32-24-41)53(43-27-19-37(3)20-28-43)51-48-18-14-13-17-47(48)49-35-39(5)40(6)36-50(49)52(51)54(44-29-21-38(4)22-30-44)46-33-25-42(26-34-46)16-12-10-8-2/h13-14,17-36H,7-12,15-16H2,1-6H3. The Kier molecular flexibility index (Phi) is 11.5. The Bertz CT molecular complexity index is 2320. The van der Waals surface area contributed by atoms with Crippen molar-refractivity contribution in [2.45, 2.75) is 92.9 Å². The molecule has 0 unspecified atom stereocenters. The van der Waals surface area contributed by atoms with Crippen molar-refractivity contribution >= 4 is 55.7 Å². The van der Waals surface area contributed by atoms with Gasteiger partial charge in [0.05, 0.1) is 11.4 Å². The lowest BCUT2D eigenvalue weighted by Crippen LogP contribution is -2.18. The van der Waals surface area contributed by atoms with E-state index in [0.717, 1.165) is 35.6 Å². The Morgan fingerprint density at radius 3 is 1.17 bits per heavy atom. The van der Waals surface area contributed by atoms with Gasteiger partial charge in [0.1, 0.15) is 0 Å². The van der Waals surface area contributed by atoms with Crippen LogP contribution in [0.15, 0.2) is 133 Å². The summed E-state index contributed by atoms with van der Waals surface area (Å²) < 4.78 is 0. The molecule has 7 aromatic carbocycles. The molecule has 0 radical (unpaired) electrons. The van der Waals surface area contributed by atoms with Crippen LogP contribution in [0.2, 0.25) is 0 Å². The zero-order valence-corrected chi connectivity index (χ0v) is 33.3. The van der Waals surface area contributed by atoms with E-state index >= 15 is 0 Å². The van der Waals surface area contributed by atoms with E-state index in [1.165, 1.54) is 105 Å². The van der Waals surface area contributed by atoms with Crippen LogP contribution in [0.5, 0.6) is 0 Å². The third kappa shape index (κ3) is 7.80. The van der Waals surface area contributed by atoms with E-state index in [9.17, 15) is 0 Å². The van der Waals surface area contributed by atoms with Gasteiger partial charge in [0.25, 0.3) is 0 Å². The van der Waals surface area contributed by atoms with Crippen LogP contribution in [0, 0.1) is 27.7 Å². The van der Waals surface area contributed by atoms with E-state index in [4.69, 9.17) is 0 Å². The van der Waals surface area contributed by atoms with Crippen molar-refractivity contribution < 1.29 is 0 Å². The second-order valence-corrected chi connectivity index (χ2v) is 15.3. The van der Waals surface area contributed by atoms with Crippen molar-refractivity contribution in [3.8, 4) is 0 Å². The number of fused-ring (bicyclic) bond motifs is 3. The number of rotatable bonds is 14. The molecule has 0 aliphatic carbocycles. The molecule has 0 spiro atoms. The summed E-state index contributed by atoms with van der Waals surface area (Å²) in [5.74, 6) is 0. The Morgan fingerprint density at radius 2 is 0.741 bits per heavy atom. The van der Waals surface area contributed by atoms with Gasteiger partial charge in [-0.25, -0.2) is 0 Å². The fraction of sp³-hybridized carbons (Fsp3) is 0.269. The van der Waals surface area contributed by atoms with Gasteiger partial charge < -0.3 is 9.80 Å². The molecule has 2 nitrogen and oxygen atoms in total. The molecule has 7 rings (SSSR count). The monoisotopic (exact) mass is 708 g/mol. The third-order valence-corrected chi connectivity index (χ3v) is 11.1. The van der Waals surface area contributed by atoms with Crippen LogP contribution in [-0.2, 0) is 12.8 Å². The molecule has 0 fully saturated rings. The molecule has 0 N–H and O–H groups in total. The number of unbranched alkanes of at least 4 members (excludes halogenated alkanes) is 4. The Balaban J connectivity index is 1.57. The molecular weight excluding hydrogens is 653 g/mol. The number of benzene rings is 7. The molecule has 0 aromatic heterocycles. The predicted molar refractivity (Wildman–Crippen MR) is 236 cm³/mol. The predicted octanol–water partition coefficient (Wildman–Crippen LogP) is 15.6. The molecule has 7 aromatic rings. The average molecular weight is 709 g/mol. The zero-order chi connectivity index (χ0) is 37.6. The smallest absolute Gasteiger partial charge is 0.0788 e. The lowest BCUT2D eigenvalue weighted by atomic mass is 9.92. The lowest BCUT2D eigenvalue weighted by molar-refractivity contribution is 0.717. The topological polar surface area (TPSA) is 6.48 Å². The first-order valence-corrected chi connectivity index (χ1v) is 20.2. The molecule has 54 heavy (non-hydrogen) atoms. The van der Waals surface area contributed by atoms with Crippen LogP contribution in [0.1, 0.15) is 85.8 Å². The van der Waals surface area contributed by atoms with Crippen LogP contribution in [0.4, 0.5) is 34.1 Å². The normalized spacial score (nSPS) is 11.4. The number of hydrogen-bond acceptors (Lipinski definition) is 2. The van der Waals surface area contributed by atoms with Crippen molar-refractivity contribution in [3.05, 3.63) is 167 Å². The van der Waals surface area contributed by atoms with Crippen LogP contribution < -0.4 is 9.80 Å². The summed E-state index contributed by atoms with van der Waals surface area (Å²) >= 11 is 0.